The maximum absolute atomic E-state index is 10.8. The van der Waals surface area contributed by atoms with Crippen LogP contribution < -0.4 is 10.6 Å². The van der Waals surface area contributed by atoms with E-state index in [1.54, 1.807) is 12.1 Å². The van der Waals surface area contributed by atoms with Gasteiger partial charge in [-0.15, -0.1) is 24.0 Å². The minimum atomic E-state index is -0.396. The van der Waals surface area contributed by atoms with Gasteiger partial charge in [0, 0.05) is 38.4 Å². The van der Waals surface area contributed by atoms with E-state index in [4.69, 9.17) is 9.47 Å². The van der Waals surface area contributed by atoms with E-state index in [0.29, 0.717) is 25.7 Å². The number of aliphatic imine (C=N–C) groups is 1. The molecule has 0 radical (unpaired) electrons. The summed E-state index contributed by atoms with van der Waals surface area (Å²) < 4.78 is 11.2. The average molecular weight is 492 g/mol. The second kappa shape index (κ2) is 13.7. The van der Waals surface area contributed by atoms with Crippen molar-refractivity contribution >= 4 is 35.6 Å². The summed E-state index contributed by atoms with van der Waals surface area (Å²) >= 11 is 0. The molecule has 0 bridgehead atoms. The molecule has 0 aromatic heterocycles. The predicted octanol–water partition coefficient (Wildman–Crippen LogP) is 2.85. The van der Waals surface area contributed by atoms with Gasteiger partial charge in [0.1, 0.15) is 0 Å². The van der Waals surface area contributed by atoms with Crippen LogP contribution in [-0.4, -0.2) is 49.9 Å². The van der Waals surface area contributed by atoms with E-state index >= 15 is 0 Å². The van der Waals surface area contributed by atoms with Crippen molar-refractivity contribution in [1.29, 1.82) is 0 Å². The number of non-ortho nitro benzene ring substituents is 1. The van der Waals surface area contributed by atoms with Gasteiger partial charge >= 0.3 is 0 Å². The fraction of sp³-hybridized carbons (Fsp3) is 0.611. The number of benzene rings is 1. The Labute approximate surface area is 177 Å². The van der Waals surface area contributed by atoms with Gasteiger partial charge in [-0.3, -0.25) is 10.1 Å². The Bertz CT molecular complexity index is 594. The molecule has 1 aliphatic heterocycles. The number of hydrogen-bond donors (Lipinski definition) is 2. The van der Waals surface area contributed by atoms with Crippen molar-refractivity contribution < 1.29 is 14.4 Å². The first-order chi connectivity index (χ1) is 12.7. The lowest BCUT2D eigenvalue weighted by Crippen LogP contribution is -2.38. The second-order valence-corrected chi connectivity index (χ2v) is 6.11. The summed E-state index contributed by atoms with van der Waals surface area (Å²) in [5.74, 6) is 0.693. The standard InChI is InChI=1S/C18H28N4O4.HI/c1-2-19-18(20-9-5-10-25-14-17-8-4-11-26-17)21-13-15-6-3-7-16(12-15)22(23)24;/h3,6-7,12,17H,2,4-5,8-11,13-14H2,1H3,(H2,19,20,21);1H. The number of nitrogens with one attached hydrogen (secondary N) is 2. The minimum Gasteiger partial charge on any atom is -0.379 e. The molecule has 1 aromatic carbocycles. The molecule has 0 aliphatic carbocycles. The summed E-state index contributed by atoms with van der Waals surface area (Å²) in [4.78, 5) is 14.9. The molecule has 1 heterocycles. The monoisotopic (exact) mass is 492 g/mol. The van der Waals surface area contributed by atoms with Gasteiger partial charge in [-0.2, -0.15) is 0 Å². The Balaban J connectivity index is 0.00000364. The lowest BCUT2D eigenvalue weighted by atomic mass is 10.2. The van der Waals surface area contributed by atoms with Gasteiger partial charge in [0.25, 0.3) is 5.69 Å². The quantitative estimate of drug-likeness (QED) is 0.130. The molecule has 9 heteroatoms. The SMILES string of the molecule is CCNC(=NCc1cccc([N+](=O)[O-])c1)NCCCOCC1CCCO1.I. The zero-order valence-electron chi connectivity index (χ0n) is 15.7. The summed E-state index contributed by atoms with van der Waals surface area (Å²) in [7, 11) is 0. The van der Waals surface area contributed by atoms with Crippen LogP contribution in [0.5, 0.6) is 0 Å². The molecule has 1 aliphatic rings. The second-order valence-electron chi connectivity index (χ2n) is 6.11. The first kappa shape index (κ1) is 23.6. The molecule has 0 spiro atoms. The van der Waals surface area contributed by atoms with Gasteiger partial charge in [-0.05, 0) is 31.7 Å². The highest BCUT2D eigenvalue weighted by molar-refractivity contribution is 14.0. The predicted molar refractivity (Wildman–Crippen MR) is 116 cm³/mol. The normalized spacial score (nSPS) is 16.6. The molecule has 1 fully saturated rings. The van der Waals surface area contributed by atoms with Gasteiger partial charge in [0.15, 0.2) is 5.96 Å². The van der Waals surface area contributed by atoms with E-state index in [9.17, 15) is 10.1 Å². The summed E-state index contributed by atoms with van der Waals surface area (Å²) in [5.41, 5.74) is 0.885. The molecular weight excluding hydrogens is 463 g/mol. The third-order valence-corrected chi connectivity index (χ3v) is 3.97. The summed E-state index contributed by atoms with van der Waals surface area (Å²) in [6, 6.07) is 6.53. The average Bonchev–Trinajstić information content (AvgIpc) is 3.16. The van der Waals surface area contributed by atoms with Crippen LogP contribution in [0.1, 0.15) is 31.7 Å². The Hall–Kier alpha value is -1.46. The number of guanidine groups is 1. The van der Waals surface area contributed by atoms with Crippen molar-refractivity contribution in [2.75, 3.05) is 32.9 Å². The lowest BCUT2D eigenvalue weighted by Gasteiger charge is -2.12. The first-order valence-corrected chi connectivity index (χ1v) is 9.14. The Morgan fingerprint density at radius 3 is 3.00 bits per heavy atom. The minimum absolute atomic E-state index is 0. The van der Waals surface area contributed by atoms with Crippen LogP contribution in [0.4, 0.5) is 5.69 Å². The third-order valence-electron chi connectivity index (χ3n) is 3.97. The van der Waals surface area contributed by atoms with E-state index in [2.05, 4.69) is 15.6 Å². The number of halogens is 1. The highest BCUT2D eigenvalue weighted by Crippen LogP contribution is 2.13. The van der Waals surface area contributed by atoms with E-state index in [-0.39, 0.29) is 35.8 Å². The van der Waals surface area contributed by atoms with Crippen LogP contribution in [0.3, 0.4) is 0 Å². The summed E-state index contributed by atoms with van der Waals surface area (Å²) in [5, 5.41) is 17.3. The molecule has 2 N–H and O–H groups in total. The molecule has 0 saturated carbocycles. The molecule has 2 rings (SSSR count). The van der Waals surface area contributed by atoms with Crippen molar-refractivity contribution in [2.45, 2.75) is 38.8 Å². The van der Waals surface area contributed by atoms with E-state index in [0.717, 1.165) is 44.5 Å². The van der Waals surface area contributed by atoms with Gasteiger partial charge in [-0.25, -0.2) is 4.99 Å². The molecular formula is C18H29IN4O4. The molecule has 152 valence electrons. The zero-order valence-corrected chi connectivity index (χ0v) is 18.0. The first-order valence-electron chi connectivity index (χ1n) is 9.14. The van der Waals surface area contributed by atoms with Gasteiger partial charge in [0.05, 0.1) is 24.2 Å². The lowest BCUT2D eigenvalue weighted by molar-refractivity contribution is -0.384. The van der Waals surface area contributed by atoms with Crippen LogP contribution in [0, 0.1) is 10.1 Å². The topological polar surface area (TPSA) is 98.0 Å². The Morgan fingerprint density at radius 1 is 1.44 bits per heavy atom. The smallest absolute Gasteiger partial charge is 0.269 e. The van der Waals surface area contributed by atoms with Crippen LogP contribution in [-0.2, 0) is 16.0 Å². The molecule has 1 unspecified atom stereocenters. The van der Waals surface area contributed by atoms with E-state index < -0.39 is 4.92 Å². The molecule has 27 heavy (non-hydrogen) atoms. The fourth-order valence-corrected chi connectivity index (χ4v) is 2.65. The van der Waals surface area contributed by atoms with Crippen LogP contribution in [0.25, 0.3) is 0 Å². The van der Waals surface area contributed by atoms with E-state index in [1.807, 2.05) is 13.0 Å². The van der Waals surface area contributed by atoms with Gasteiger partial charge < -0.3 is 20.1 Å². The number of rotatable bonds is 10. The summed E-state index contributed by atoms with van der Waals surface area (Å²) in [6.07, 6.45) is 3.35. The number of nitro groups is 1. The van der Waals surface area contributed by atoms with Crippen LogP contribution in [0.2, 0.25) is 0 Å². The van der Waals surface area contributed by atoms with Crippen molar-refractivity contribution in [1.82, 2.24) is 10.6 Å². The van der Waals surface area contributed by atoms with Crippen molar-refractivity contribution in [3.63, 3.8) is 0 Å². The van der Waals surface area contributed by atoms with Crippen molar-refractivity contribution in [3.8, 4) is 0 Å². The van der Waals surface area contributed by atoms with Crippen LogP contribution in [0.15, 0.2) is 29.3 Å². The number of ether oxygens (including phenoxy) is 2. The fourth-order valence-electron chi connectivity index (χ4n) is 2.65. The maximum Gasteiger partial charge on any atom is 0.269 e. The molecule has 0 amide bonds. The number of nitrogens with zero attached hydrogens (tertiary/aromatic N) is 2. The molecule has 1 aromatic rings. The maximum atomic E-state index is 10.8. The molecule has 1 saturated heterocycles. The number of nitro benzene ring substituents is 1. The highest BCUT2D eigenvalue weighted by Gasteiger charge is 2.14. The van der Waals surface area contributed by atoms with Crippen molar-refractivity contribution in [3.05, 3.63) is 39.9 Å². The Kier molecular flexibility index (Phi) is 11.9. The highest BCUT2D eigenvalue weighted by atomic mass is 127. The largest absolute Gasteiger partial charge is 0.379 e. The van der Waals surface area contributed by atoms with E-state index in [1.165, 1.54) is 6.07 Å². The molecule has 8 nitrogen and oxygen atoms in total. The Morgan fingerprint density at radius 2 is 2.30 bits per heavy atom. The number of hydrogen-bond acceptors (Lipinski definition) is 5. The third kappa shape index (κ3) is 9.34. The van der Waals surface area contributed by atoms with Crippen molar-refractivity contribution in [2.24, 2.45) is 4.99 Å². The molecule has 1 atom stereocenters. The van der Waals surface area contributed by atoms with Gasteiger partial charge in [-0.1, -0.05) is 12.1 Å². The van der Waals surface area contributed by atoms with Crippen LogP contribution >= 0.6 is 24.0 Å². The zero-order chi connectivity index (χ0) is 18.6. The summed E-state index contributed by atoms with van der Waals surface area (Å²) in [6.45, 7) is 6.06. The van der Waals surface area contributed by atoms with Gasteiger partial charge in [0.2, 0.25) is 0 Å².